The fourth-order valence-corrected chi connectivity index (χ4v) is 3.83. The van der Waals surface area contributed by atoms with Gasteiger partial charge in [0.1, 0.15) is 11.6 Å². The molecule has 1 aliphatic heterocycles. The topological polar surface area (TPSA) is 70.0 Å². The fraction of sp³-hybridized carbons (Fsp3) is 0.375. The lowest BCUT2D eigenvalue weighted by Gasteiger charge is -2.13. The van der Waals surface area contributed by atoms with Crippen LogP contribution in [-0.2, 0) is 24.2 Å². The lowest BCUT2D eigenvalue weighted by atomic mass is 9.95. The average molecular weight is 432 g/mol. The SMILES string of the molecule is O=C(Cc1[nH]c(=S)n2c1C[C@H](c1c(F)ccc(Br)c1F)C2)NCCO. The van der Waals surface area contributed by atoms with Gasteiger partial charge in [-0.05, 0) is 46.7 Å². The maximum absolute atomic E-state index is 14.4. The predicted octanol–water partition coefficient (Wildman–Crippen LogP) is 2.58. The van der Waals surface area contributed by atoms with E-state index in [1.54, 1.807) is 4.57 Å². The number of aromatic nitrogens is 2. The highest BCUT2D eigenvalue weighted by atomic mass is 79.9. The van der Waals surface area contributed by atoms with Crippen LogP contribution in [0.15, 0.2) is 16.6 Å². The van der Waals surface area contributed by atoms with Crippen molar-refractivity contribution in [2.24, 2.45) is 0 Å². The molecule has 1 aromatic carbocycles. The number of imidazole rings is 1. The number of hydrogen-bond acceptors (Lipinski definition) is 3. The Balaban J connectivity index is 1.87. The molecule has 0 aliphatic carbocycles. The van der Waals surface area contributed by atoms with Gasteiger partial charge >= 0.3 is 0 Å². The van der Waals surface area contributed by atoms with E-state index in [4.69, 9.17) is 17.3 Å². The Morgan fingerprint density at radius 1 is 1.48 bits per heavy atom. The summed E-state index contributed by atoms with van der Waals surface area (Å²) in [4.78, 5) is 14.9. The Kier molecular flexibility index (Phi) is 5.35. The average Bonchev–Trinajstić information content (AvgIpc) is 3.11. The zero-order valence-electron chi connectivity index (χ0n) is 13.1. The van der Waals surface area contributed by atoms with Crippen LogP contribution in [0, 0.1) is 16.4 Å². The summed E-state index contributed by atoms with van der Waals surface area (Å²) in [5.41, 5.74) is 1.45. The molecular formula is C16H16BrF2N3O2S. The maximum Gasteiger partial charge on any atom is 0.226 e. The van der Waals surface area contributed by atoms with Crippen molar-refractivity contribution in [3.8, 4) is 0 Å². The molecule has 0 saturated heterocycles. The minimum absolute atomic E-state index is 0.0307. The van der Waals surface area contributed by atoms with Gasteiger partial charge in [0.15, 0.2) is 4.77 Å². The van der Waals surface area contributed by atoms with Gasteiger partial charge in [-0.2, -0.15) is 0 Å². The number of amides is 1. The second-order valence-corrected chi connectivity index (χ2v) is 7.12. The van der Waals surface area contributed by atoms with Crippen LogP contribution in [0.2, 0.25) is 0 Å². The molecule has 1 atom stereocenters. The molecule has 1 aliphatic rings. The predicted molar refractivity (Wildman–Crippen MR) is 93.9 cm³/mol. The molecule has 0 unspecified atom stereocenters. The summed E-state index contributed by atoms with van der Waals surface area (Å²) < 4.78 is 31.0. The lowest BCUT2D eigenvalue weighted by molar-refractivity contribution is -0.120. The molecule has 2 heterocycles. The number of nitrogens with zero attached hydrogens (tertiary/aromatic N) is 1. The van der Waals surface area contributed by atoms with Crippen molar-refractivity contribution in [1.29, 1.82) is 0 Å². The number of carbonyl (C=O) groups excluding carboxylic acids is 1. The van der Waals surface area contributed by atoms with Crippen molar-refractivity contribution in [3.63, 3.8) is 0 Å². The van der Waals surface area contributed by atoms with E-state index in [9.17, 15) is 13.6 Å². The van der Waals surface area contributed by atoms with Crippen molar-refractivity contribution >= 4 is 34.1 Å². The van der Waals surface area contributed by atoms with Crippen molar-refractivity contribution < 1.29 is 18.7 Å². The Morgan fingerprint density at radius 3 is 2.96 bits per heavy atom. The molecule has 2 aromatic rings. The van der Waals surface area contributed by atoms with Crippen LogP contribution < -0.4 is 5.32 Å². The van der Waals surface area contributed by atoms with Crippen LogP contribution in [-0.4, -0.2) is 33.7 Å². The van der Waals surface area contributed by atoms with E-state index in [1.807, 2.05) is 0 Å². The normalized spacial score (nSPS) is 16.1. The number of hydrogen-bond donors (Lipinski definition) is 3. The van der Waals surface area contributed by atoms with Gasteiger partial charge in [0.05, 0.1) is 17.5 Å². The van der Waals surface area contributed by atoms with Gasteiger partial charge in [0.2, 0.25) is 5.91 Å². The molecular weight excluding hydrogens is 416 g/mol. The fourth-order valence-electron chi connectivity index (χ4n) is 3.17. The smallest absolute Gasteiger partial charge is 0.226 e. The summed E-state index contributed by atoms with van der Waals surface area (Å²) in [5.74, 6) is -1.83. The van der Waals surface area contributed by atoms with Crippen LogP contribution in [0.4, 0.5) is 8.78 Å². The number of halogens is 3. The standard InChI is InChI=1S/C16H16BrF2N3O2S/c17-9-1-2-10(18)14(15(9)19)8-5-12-11(6-13(24)20-3-4-23)21-16(25)22(12)7-8/h1-2,8,23H,3-7H2,(H,20,24)(H,21,25)/t8-/m0/s1. The largest absolute Gasteiger partial charge is 0.395 e. The molecule has 0 fully saturated rings. The summed E-state index contributed by atoms with van der Waals surface area (Å²) in [6.45, 7) is 0.388. The summed E-state index contributed by atoms with van der Waals surface area (Å²) in [6.07, 6.45) is 0.461. The molecule has 1 amide bonds. The first-order valence-corrected chi connectivity index (χ1v) is 8.94. The van der Waals surface area contributed by atoms with Gasteiger partial charge in [-0.1, -0.05) is 0 Å². The number of aliphatic hydroxyl groups is 1. The number of carbonyl (C=O) groups is 1. The Bertz CT molecular complexity index is 881. The Hall–Kier alpha value is -1.58. The minimum Gasteiger partial charge on any atom is -0.395 e. The van der Waals surface area contributed by atoms with E-state index in [-0.39, 0.29) is 41.4 Å². The molecule has 134 valence electrons. The third-order valence-corrected chi connectivity index (χ3v) is 5.21. The van der Waals surface area contributed by atoms with Gasteiger partial charge in [0, 0.05) is 36.0 Å². The second kappa shape index (κ2) is 7.35. The van der Waals surface area contributed by atoms with Crippen LogP contribution in [0.25, 0.3) is 0 Å². The quantitative estimate of drug-likeness (QED) is 0.503. The highest BCUT2D eigenvalue weighted by molar-refractivity contribution is 9.10. The van der Waals surface area contributed by atoms with E-state index >= 15 is 0 Å². The molecule has 5 nitrogen and oxygen atoms in total. The van der Waals surface area contributed by atoms with E-state index in [0.29, 0.717) is 23.4 Å². The van der Waals surface area contributed by atoms with Crippen LogP contribution in [0.5, 0.6) is 0 Å². The molecule has 3 rings (SSSR count). The summed E-state index contributed by atoms with van der Waals surface area (Å²) >= 11 is 8.36. The first kappa shape index (κ1) is 18.2. The molecule has 1 aromatic heterocycles. The number of aromatic amines is 1. The van der Waals surface area contributed by atoms with Gasteiger partial charge in [0.25, 0.3) is 0 Å². The minimum atomic E-state index is -0.604. The number of nitrogens with one attached hydrogen (secondary N) is 2. The molecule has 0 radical (unpaired) electrons. The van der Waals surface area contributed by atoms with E-state index < -0.39 is 11.6 Å². The zero-order chi connectivity index (χ0) is 18.1. The summed E-state index contributed by atoms with van der Waals surface area (Å²) in [5, 5.41) is 11.3. The van der Waals surface area contributed by atoms with Crippen LogP contribution >= 0.6 is 28.1 Å². The molecule has 0 spiro atoms. The van der Waals surface area contributed by atoms with Gasteiger partial charge in [-0.25, -0.2) is 8.78 Å². The Labute approximate surface area is 156 Å². The van der Waals surface area contributed by atoms with E-state index in [2.05, 4.69) is 26.2 Å². The Morgan fingerprint density at radius 2 is 2.24 bits per heavy atom. The second-order valence-electron chi connectivity index (χ2n) is 5.87. The molecule has 0 bridgehead atoms. The number of aliphatic hydroxyl groups excluding tert-OH is 1. The first-order chi connectivity index (χ1) is 11.9. The first-order valence-electron chi connectivity index (χ1n) is 7.73. The lowest BCUT2D eigenvalue weighted by Crippen LogP contribution is -2.28. The van der Waals surface area contributed by atoms with Crippen LogP contribution in [0.1, 0.15) is 22.9 Å². The van der Waals surface area contributed by atoms with Crippen LogP contribution in [0.3, 0.4) is 0 Å². The molecule has 9 heteroatoms. The highest BCUT2D eigenvalue weighted by Crippen LogP contribution is 2.36. The maximum atomic E-state index is 14.4. The third kappa shape index (κ3) is 3.54. The van der Waals surface area contributed by atoms with E-state index in [1.165, 1.54) is 12.1 Å². The molecule has 3 N–H and O–H groups in total. The van der Waals surface area contributed by atoms with Crippen molar-refractivity contribution in [1.82, 2.24) is 14.9 Å². The van der Waals surface area contributed by atoms with Crippen molar-refractivity contribution in [2.75, 3.05) is 13.2 Å². The summed E-state index contributed by atoms with van der Waals surface area (Å²) in [7, 11) is 0. The van der Waals surface area contributed by atoms with E-state index in [0.717, 1.165) is 5.69 Å². The number of H-pyrrole nitrogens is 1. The zero-order valence-corrected chi connectivity index (χ0v) is 15.5. The molecule has 0 saturated carbocycles. The number of rotatable bonds is 5. The van der Waals surface area contributed by atoms with Crippen molar-refractivity contribution in [2.45, 2.75) is 25.3 Å². The van der Waals surface area contributed by atoms with Gasteiger partial charge in [-0.3, -0.25) is 4.79 Å². The molecule has 25 heavy (non-hydrogen) atoms. The third-order valence-electron chi connectivity index (χ3n) is 4.28. The summed E-state index contributed by atoms with van der Waals surface area (Å²) in [6, 6.07) is 2.58. The number of benzene rings is 1. The van der Waals surface area contributed by atoms with Gasteiger partial charge in [-0.15, -0.1) is 0 Å². The van der Waals surface area contributed by atoms with Gasteiger partial charge < -0.3 is 20.0 Å². The highest BCUT2D eigenvalue weighted by Gasteiger charge is 2.31. The number of fused-ring (bicyclic) bond motifs is 1. The monoisotopic (exact) mass is 431 g/mol. The van der Waals surface area contributed by atoms with Crippen molar-refractivity contribution in [3.05, 3.63) is 50.0 Å².